The molecule has 0 aromatic heterocycles. The molecule has 0 N–H and O–H groups in total. The molecule has 1 heteroatoms. The van der Waals surface area contributed by atoms with Crippen molar-refractivity contribution in [1.29, 1.82) is 0 Å². The Labute approximate surface area is 338 Å². The largest absolute Gasteiger partial charge is 0.309 e. The summed E-state index contributed by atoms with van der Waals surface area (Å²) in [5.74, 6) is 0. The molecule has 0 unspecified atom stereocenters. The summed E-state index contributed by atoms with van der Waals surface area (Å²) >= 11 is 0. The van der Waals surface area contributed by atoms with Gasteiger partial charge >= 0.3 is 0 Å². The van der Waals surface area contributed by atoms with E-state index < -0.39 is 0 Å². The molecule has 0 spiro atoms. The van der Waals surface area contributed by atoms with E-state index in [0.717, 1.165) is 5.69 Å². The molecule has 0 aliphatic heterocycles. The van der Waals surface area contributed by atoms with Gasteiger partial charge in [-0.3, -0.25) is 0 Å². The Morgan fingerprint density at radius 3 is 1.40 bits per heavy atom. The van der Waals surface area contributed by atoms with Crippen LogP contribution in [0, 0.1) is 0 Å². The molecule has 10 rings (SSSR count). The molecule has 2 aliphatic carbocycles. The molecule has 8 aromatic carbocycles. The average molecular weight is 736 g/mol. The lowest BCUT2D eigenvalue weighted by Gasteiger charge is -2.39. The zero-order chi connectivity index (χ0) is 39.3. The van der Waals surface area contributed by atoms with Gasteiger partial charge in [-0.05, 0) is 101 Å². The van der Waals surface area contributed by atoms with Crippen LogP contribution in [0.1, 0.15) is 76.3 Å². The highest BCUT2D eigenvalue weighted by molar-refractivity contribution is 6.06. The molecule has 1 nitrogen and oxygen atoms in total. The standard InChI is InChI=1S/C56H49N/c1-54(2,3)50-48-43-23-13-15-25-45(43)55(4,5)51(48)53(52-49(50)44-24-14-16-26-46(44)56(52,6)7)57(47-27-17-21-40-20-11-12-22-42(40)47)41-34-32-39(33-35-41)38-30-28-37(29-31-38)36-18-9-8-10-19-36/h8-35H,1-7H3. The van der Waals surface area contributed by atoms with Gasteiger partial charge in [-0.15, -0.1) is 0 Å². The van der Waals surface area contributed by atoms with E-state index in [-0.39, 0.29) is 16.2 Å². The summed E-state index contributed by atoms with van der Waals surface area (Å²) in [5, 5.41) is 2.48. The minimum Gasteiger partial charge on any atom is -0.309 e. The zero-order valence-corrected chi connectivity index (χ0v) is 34.1. The van der Waals surface area contributed by atoms with Crippen LogP contribution in [0.5, 0.6) is 0 Å². The number of benzene rings is 8. The summed E-state index contributed by atoms with van der Waals surface area (Å²) in [6.45, 7) is 17.1. The normalized spacial score (nSPS) is 14.5. The maximum atomic E-state index is 2.63. The van der Waals surface area contributed by atoms with Crippen LogP contribution in [0.25, 0.3) is 55.3 Å². The second-order valence-electron chi connectivity index (χ2n) is 18.1. The first kappa shape index (κ1) is 35.2. The molecule has 0 heterocycles. The van der Waals surface area contributed by atoms with E-state index in [1.807, 2.05) is 0 Å². The minimum atomic E-state index is -0.260. The molecule has 0 fully saturated rings. The Kier molecular flexibility index (Phi) is 7.83. The lowest BCUT2D eigenvalue weighted by Crippen LogP contribution is -2.27. The molecular weight excluding hydrogens is 687 g/mol. The van der Waals surface area contributed by atoms with Gasteiger partial charge in [0.1, 0.15) is 0 Å². The number of hydrogen-bond acceptors (Lipinski definition) is 1. The molecule has 0 saturated heterocycles. The quantitative estimate of drug-likeness (QED) is 0.170. The van der Waals surface area contributed by atoms with Gasteiger partial charge < -0.3 is 4.90 Å². The van der Waals surface area contributed by atoms with Crippen molar-refractivity contribution < 1.29 is 0 Å². The van der Waals surface area contributed by atoms with E-state index in [4.69, 9.17) is 0 Å². The molecule has 2 aliphatic rings. The fraction of sp³-hybridized carbons (Fsp3) is 0.179. The summed E-state index contributed by atoms with van der Waals surface area (Å²) in [5.41, 5.74) is 20.5. The molecule has 0 saturated carbocycles. The first-order valence-electron chi connectivity index (χ1n) is 20.5. The lowest BCUT2D eigenvalue weighted by molar-refractivity contribution is 0.587. The predicted molar refractivity (Wildman–Crippen MR) is 243 cm³/mol. The Morgan fingerprint density at radius 2 is 0.860 bits per heavy atom. The van der Waals surface area contributed by atoms with Crippen LogP contribution < -0.4 is 4.90 Å². The summed E-state index contributed by atoms with van der Waals surface area (Å²) in [6.07, 6.45) is 0. The molecule has 8 aromatic rings. The number of anilines is 3. The highest BCUT2D eigenvalue weighted by Crippen LogP contribution is 2.65. The number of nitrogens with zero attached hydrogens (tertiary/aromatic N) is 1. The van der Waals surface area contributed by atoms with Crippen molar-refractivity contribution in [3.05, 3.63) is 198 Å². The summed E-state index contributed by atoms with van der Waals surface area (Å²) in [6, 6.07) is 63.0. The molecule has 57 heavy (non-hydrogen) atoms. The van der Waals surface area contributed by atoms with Crippen LogP contribution in [0.2, 0.25) is 0 Å². The summed E-state index contributed by atoms with van der Waals surface area (Å²) < 4.78 is 0. The van der Waals surface area contributed by atoms with E-state index in [9.17, 15) is 0 Å². The number of hydrogen-bond donors (Lipinski definition) is 0. The van der Waals surface area contributed by atoms with Crippen molar-refractivity contribution in [2.45, 2.75) is 64.7 Å². The molecule has 278 valence electrons. The first-order chi connectivity index (χ1) is 27.5. The van der Waals surface area contributed by atoms with Gasteiger partial charge in [-0.25, -0.2) is 0 Å². The summed E-state index contributed by atoms with van der Waals surface area (Å²) in [7, 11) is 0. The topological polar surface area (TPSA) is 3.24 Å². The Balaban J connectivity index is 1.29. The van der Waals surface area contributed by atoms with Crippen LogP contribution >= 0.6 is 0 Å². The van der Waals surface area contributed by atoms with Gasteiger partial charge in [0.15, 0.2) is 0 Å². The SMILES string of the molecule is CC(C)(C)c1c2c(c(N(c3ccc(-c4ccc(-c5ccccc5)cc4)cc3)c3cccc4ccccc34)c3c1-c1ccccc1C3(C)C)C(C)(C)c1ccccc1-2. The average Bonchev–Trinajstić information content (AvgIpc) is 3.61. The van der Waals surface area contributed by atoms with Crippen molar-refractivity contribution in [2.75, 3.05) is 4.90 Å². The van der Waals surface area contributed by atoms with E-state index >= 15 is 0 Å². The van der Waals surface area contributed by atoms with Crippen molar-refractivity contribution in [1.82, 2.24) is 0 Å². The van der Waals surface area contributed by atoms with Crippen LogP contribution in [0.4, 0.5) is 17.1 Å². The Bertz CT molecular complexity index is 2760. The molecular formula is C56H49N. The maximum absolute atomic E-state index is 2.63. The van der Waals surface area contributed by atoms with Gasteiger partial charge in [-0.1, -0.05) is 200 Å². The second kappa shape index (κ2) is 12.7. The number of rotatable bonds is 5. The van der Waals surface area contributed by atoms with Crippen molar-refractivity contribution >= 4 is 27.8 Å². The fourth-order valence-corrected chi connectivity index (χ4v) is 10.3. The predicted octanol–water partition coefficient (Wildman–Crippen LogP) is 15.6. The molecule has 0 atom stereocenters. The van der Waals surface area contributed by atoms with Crippen molar-refractivity contribution in [3.63, 3.8) is 0 Å². The Hall–Kier alpha value is -6.18. The molecule has 0 bridgehead atoms. The lowest BCUT2D eigenvalue weighted by atomic mass is 9.70. The number of fused-ring (bicyclic) bond motifs is 7. The van der Waals surface area contributed by atoms with E-state index in [0.29, 0.717) is 0 Å². The van der Waals surface area contributed by atoms with E-state index in [1.54, 1.807) is 0 Å². The van der Waals surface area contributed by atoms with Gasteiger partial charge in [0.05, 0.1) is 11.4 Å². The van der Waals surface area contributed by atoms with E-state index in [1.165, 1.54) is 94.5 Å². The highest BCUT2D eigenvalue weighted by atomic mass is 15.2. The Morgan fingerprint density at radius 1 is 0.421 bits per heavy atom. The third-order valence-electron chi connectivity index (χ3n) is 12.9. The summed E-state index contributed by atoms with van der Waals surface area (Å²) in [4.78, 5) is 2.63. The fourth-order valence-electron chi connectivity index (χ4n) is 10.3. The van der Waals surface area contributed by atoms with E-state index in [2.05, 4.69) is 223 Å². The van der Waals surface area contributed by atoms with Gasteiger partial charge in [0.25, 0.3) is 0 Å². The van der Waals surface area contributed by atoms with Gasteiger partial charge in [0.2, 0.25) is 0 Å². The van der Waals surface area contributed by atoms with Crippen LogP contribution in [0.3, 0.4) is 0 Å². The molecule has 0 amide bonds. The smallest absolute Gasteiger partial charge is 0.0556 e. The first-order valence-corrected chi connectivity index (χ1v) is 20.5. The van der Waals surface area contributed by atoms with Crippen LogP contribution in [-0.4, -0.2) is 0 Å². The third kappa shape index (κ3) is 5.29. The minimum absolute atomic E-state index is 0.115. The molecule has 0 radical (unpaired) electrons. The van der Waals surface area contributed by atoms with Crippen molar-refractivity contribution in [2.24, 2.45) is 0 Å². The third-order valence-corrected chi connectivity index (χ3v) is 12.9. The van der Waals surface area contributed by atoms with Crippen LogP contribution in [-0.2, 0) is 16.2 Å². The van der Waals surface area contributed by atoms with Crippen molar-refractivity contribution in [3.8, 4) is 44.5 Å². The monoisotopic (exact) mass is 735 g/mol. The maximum Gasteiger partial charge on any atom is 0.0556 e. The highest BCUT2D eigenvalue weighted by Gasteiger charge is 2.50. The second-order valence-corrected chi connectivity index (χ2v) is 18.1. The van der Waals surface area contributed by atoms with Gasteiger partial charge in [0, 0.05) is 21.9 Å². The van der Waals surface area contributed by atoms with Gasteiger partial charge in [-0.2, -0.15) is 0 Å². The van der Waals surface area contributed by atoms with Crippen LogP contribution in [0.15, 0.2) is 170 Å². The zero-order valence-electron chi connectivity index (χ0n) is 34.1.